The molecule has 0 aliphatic carbocycles. The monoisotopic (exact) mass is 328 g/mol. The Kier molecular flexibility index (Phi) is 5.36. The number of nitrogens with zero attached hydrogens (tertiary/aromatic N) is 2. The molecule has 1 aromatic carbocycles. The van der Waals surface area contributed by atoms with Crippen LogP contribution in [0.3, 0.4) is 0 Å². The minimum atomic E-state index is -0.455. The van der Waals surface area contributed by atoms with Crippen LogP contribution in [0.4, 0.5) is 0 Å². The summed E-state index contributed by atoms with van der Waals surface area (Å²) in [5, 5.41) is 10.3. The number of hydrogen-bond acceptors (Lipinski definition) is 3. The van der Waals surface area contributed by atoms with Crippen molar-refractivity contribution in [3.8, 4) is 0 Å². The van der Waals surface area contributed by atoms with Gasteiger partial charge < -0.3 is 10.0 Å². The van der Waals surface area contributed by atoms with Crippen molar-refractivity contribution in [1.82, 2.24) is 9.80 Å². The van der Waals surface area contributed by atoms with Crippen LogP contribution in [-0.4, -0.2) is 59.6 Å². The smallest absolute Gasteiger partial charge is 0.222 e. The van der Waals surface area contributed by atoms with Gasteiger partial charge in [-0.1, -0.05) is 35.4 Å². The van der Waals surface area contributed by atoms with Crippen LogP contribution in [-0.2, 0) is 4.79 Å². The van der Waals surface area contributed by atoms with Gasteiger partial charge in [-0.3, -0.25) is 9.69 Å². The summed E-state index contributed by atoms with van der Waals surface area (Å²) in [6, 6.07) is 6.71. The number of hydrogen-bond donors (Lipinski definition) is 1. The predicted octanol–water partition coefficient (Wildman–Crippen LogP) is 2.38. The molecule has 1 fully saturated rings. The lowest BCUT2D eigenvalue weighted by Gasteiger charge is -2.30. The number of carbonyl (C=O) groups is 1. The van der Waals surface area contributed by atoms with Gasteiger partial charge in [0.1, 0.15) is 0 Å². The molecule has 1 atom stereocenters. The number of amides is 1. The van der Waals surface area contributed by atoms with E-state index in [1.54, 1.807) is 4.90 Å². The highest BCUT2D eigenvalue weighted by atomic mass is 16.3. The van der Waals surface area contributed by atoms with Gasteiger partial charge >= 0.3 is 0 Å². The van der Waals surface area contributed by atoms with Crippen molar-refractivity contribution < 1.29 is 9.90 Å². The first-order valence-corrected chi connectivity index (χ1v) is 8.97. The Bertz CT molecular complexity index is 618. The van der Waals surface area contributed by atoms with Gasteiger partial charge in [0.2, 0.25) is 5.91 Å². The van der Waals surface area contributed by atoms with Crippen LogP contribution in [0, 0.1) is 13.8 Å². The topological polar surface area (TPSA) is 43.8 Å². The maximum atomic E-state index is 11.6. The molecule has 2 heterocycles. The molecule has 2 aliphatic heterocycles. The molecule has 1 N–H and O–H groups in total. The molecule has 24 heavy (non-hydrogen) atoms. The number of aryl methyl sites for hydroxylation is 2. The van der Waals surface area contributed by atoms with Crippen molar-refractivity contribution >= 4 is 11.5 Å². The predicted molar refractivity (Wildman–Crippen MR) is 96.8 cm³/mol. The lowest BCUT2D eigenvalue weighted by Crippen LogP contribution is -2.42. The average molecular weight is 328 g/mol. The van der Waals surface area contributed by atoms with Crippen LogP contribution in [0.2, 0.25) is 0 Å². The van der Waals surface area contributed by atoms with Gasteiger partial charge in [-0.25, -0.2) is 0 Å². The summed E-state index contributed by atoms with van der Waals surface area (Å²) in [5.41, 5.74) is 5.34. The number of aliphatic hydroxyl groups excluding tert-OH is 1. The molecule has 0 aromatic heterocycles. The maximum absolute atomic E-state index is 11.6. The van der Waals surface area contributed by atoms with Crippen LogP contribution in [0.15, 0.2) is 24.3 Å². The second-order valence-electron chi connectivity index (χ2n) is 7.21. The number of rotatable bonds is 5. The first-order chi connectivity index (χ1) is 11.5. The zero-order chi connectivity index (χ0) is 17.1. The van der Waals surface area contributed by atoms with E-state index in [1.807, 2.05) is 0 Å². The molecular formula is C20H28N2O2. The van der Waals surface area contributed by atoms with E-state index in [2.05, 4.69) is 43.0 Å². The maximum Gasteiger partial charge on any atom is 0.222 e. The van der Waals surface area contributed by atoms with E-state index in [4.69, 9.17) is 0 Å². The lowest BCUT2D eigenvalue weighted by molar-refractivity contribution is -0.129. The van der Waals surface area contributed by atoms with Gasteiger partial charge in [0.15, 0.2) is 0 Å². The number of aliphatic hydroxyl groups is 1. The highest BCUT2D eigenvalue weighted by molar-refractivity contribution is 5.78. The normalized spacial score (nSPS) is 20.4. The van der Waals surface area contributed by atoms with Crippen molar-refractivity contribution in [2.24, 2.45) is 0 Å². The zero-order valence-corrected chi connectivity index (χ0v) is 14.8. The van der Waals surface area contributed by atoms with E-state index in [9.17, 15) is 9.90 Å². The molecule has 130 valence electrons. The summed E-state index contributed by atoms with van der Waals surface area (Å²) in [4.78, 5) is 15.7. The molecule has 4 heteroatoms. The Hall–Kier alpha value is -1.65. The minimum absolute atomic E-state index is 0.185. The Morgan fingerprint density at radius 1 is 1.08 bits per heavy atom. The number of likely N-dealkylation sites (tertiary alicyclic amines) is 1. The molecule has 4 nitrogen and oxygen atoms in total. The molecule has 1 amide bonds. The summed E-state index contributed by atoms with van der Waals surface area (Å²) in [7, 11) is 0. The van der Waals surface area contributed by atoms with Crippen LogP contribution in [0.25, 0.3) is 5.57 Å². The van der Waals surface area contributed by atoms with E-state index in [0.717, 1.165) is 32.5 Å². The molecule has 1 saturated heterocycles. The van der Waals surface area contributed by atoms with E-state index < -0.39 is 6.10 Å². The average Bonchev–Trinajstić information content (AvgIpc) is 2.92. The highest BCUT2D eigenvalue weighted by Gasteiger charge is 2.24. The third-order valence-corrected chi connectivity index (χ3v) is 4.96. The fourth-order valence-electron chi connectivity index (χ4n) is 3.81. The second-order valence-corrected chi connectivity index (χ2v) is 7.21. The summed E-state index contributed by atoms with van der Waals surface area (Å²) in [5.74, 6) is 0.185. The first kappa shape index (κ1) is 17.2. The SMILES string of the molecule is Cc1cc(C)cc(C2=CCN(CC(O)CN3CCCC3=O)CC2)c1. The standard InChI is InChI=1S/C20H28N2O2/c1-15-10-16(2)12-18(11-15)17-5-8-21(9-6-17)13-19(23)14-22-7-3-4-20(22)24/h5,10-12,19,23H,3-4,6-9,13-14H2,1-2H3. The third-order valence-electron chi connectivity index (χ3n) is 4.96. The summed E-state index contributed by atoms with van der Waals surface area (Å²) in [6.07, 6.45) is 4.41. The van der Waals surface area contributed by atoms with Gasteiger partial charge in [-0.05, 0) is 37.8 Å². The quantitative estimate of drug-likeness (QED) is 0.902. The van der Waals surface area contributed by atoms with Crippen LogP contribution in [0.1, 0.15) is 36.0 Å². The number of carbonyl (C=O) groups excluding carboxylic acids is 1. The fourth-order valence-corrected chi connectivity index (χ4v) is 3.81. The number of β-amino-alcohol motifs (C(OH)–C–C–N with tert-alkyl or cyclic N) is 1. The van der Waals surface area contributed by atoms with Crippen molar-refractivity contribution in [3.05, 3.63) is 41.0 Å². The number of benzene rings is 1. The van der Waals surface area contributed by atoms with Crippen molar-refractivity contribution in [2.45, 2.75) is 39.2 Å². The zero-order valence-electron chi connectivity index (χ0n) is 14.8. The molecular weight excluding hydrogens is 300 g/mol. The van der Waals surface area contributed by atoms with Crippen LogP contribution < -0.4 is 0 Å². The summed E-state index contributed by atoms with van der Waals surface area (Å²) >= 11 is 0. The van der Waals surface area contributed by atoms with E-state index in [0.29, 0.717) is 19.5 Å². The Morgan fingerprint density at radius 3 is 2.42 bits per heavy atom. The third kappa shape index (κ3) is 4.25. The molecule has 0 radical (unpaired) electrons. The van der Waals surface area contributed by atoms with Gasteiger partial charge in [0, 0.05) is 39.1 Å². The largest absolute Gasteiger partial charge is 0.390 e. The summed E-state index contributed by atoms with van der Waals surface area (Å²) < 4.78 is 0. The molecule has 0 bridgehead atoms. The molecule has 1 aromatic rings. The van der Waals surface area contributed by atoms with Crippen LogP contribution >= 0.6 is 0 Å². The van der Waals surface area contributed by atoms with Gasteiger partial charge in [-0.15, -0.1) is 0 Å². The molecule has 1 unspecified atom stereocenters. The molecule has 2 aliphatic rings. The van der Waals surface area contributed by atoms with Gasteiger partial charge in [-0.2, -0.15) is 0 Å². The Labute approximate surface area is 144 Å². The fraction of sp³-hybridized carbons (Fsp3) is 0.550. The van der Waals surface area contributed by atoms with Crippen molar-refractivity contribution in [1.29, 1.82) is 0 Å². The second kappa shape index (κ2) is 7.49. The van der Waals surface area contributed by atoms with Gasteiger partial charge in [0.25, 0.3) is 0 Å². The highest BCUT2D eigenvalue weighted by Crippen LogP contribution is 2.24. The van der Waals surface area contributed by atoms with Crippen molar-refractivity contribution in [3.63, 3.8) is 0 Å². The molecule has 3 rings (SSSR count). The van der Waals surface area contributed by atoms with E-state index in [1.165, 1.54) is 22.3 Å². The molecule has 0 spiro atoms. The van der Waals surface area contributed by atoms with Crippen LogP contribution in [0.5, 0.6) is 0 Å². The lowest BCUT2D eigenvalue weighted by atomic mass is 9.96. The summed E-state index contributed by atoms with van der Waals surface area (Å²) in [6.45, 7) is 8.03. The minimum Gasteiger partial charge on any atom is -0.390 e. The first-order valence-electron chi connectivity index (χ1n) is 8.97. The van der Waals surface area contributed by atoms with Crippen molar-refractivity contribution in [2.75, 3.05) is 32.7 Å². The van der Waals surface area contributed by atoms with E-state index >= 15 is 0 Å². The Morgan fingerprint density at radius 2 is 1.83 bits per heavy atom. The van der Waals surface area contributed by atoms with E-state index in [-0.39, 0.29) is 5.91 Å². The molecule has 0 saturated carbocycles. The Balaban J connectivity index is 1.54. The van der Waals surface area contributed by atoms with Gasteiger partial charge in [0.05, 0.1) is 6.10 Å².